The van der Waals surface area contributed by atoms with Crippen molar-refractivity contribution >= 4 is 5.91 Å². The van der Waals surface area contributed by atoms with Crippen LogP contribution in [0.3, 0.4) is 0 Å². The molecule has 2 atom stereocenters. The molecule has 2 unspecified atom stereocenters. The van der Waals surface area contributed by atoms with Crippen molar-refractivity contribution in [3.05, 3.63) is 0 Å². The Morgan fingerprint density at radius 3 is 2.70 bits per heavy atom. The molecule has 0 aromatic carbocycles. The molecule has 0 bridgehead atoms. The quantitative estimate of drug-likeness (QED) is 0.852. The monoisotopic (exact) mass is 281 g/mol. The Kier molecular flexibility index (Phi) is 5.85. The van der Waals surface area contributed by atoms with Crippen molar-refractivity contribution in [3.8, 4) is 0 Å². The maximum absolute atomic E-state index is 12.3. The summed E-state index contributed by atoms with van der Waals surface area (Å²) < 4.78 is 0. The van der Waals surface area contributed by atoms with Gasteiger partial charge >= 0.3 is 0 Å². The lowest BCUT2D eigenvalue weighted by molar-refractivity contribution is -0.138. The molecule has 2 heterocycles. The number of hydrogen-bond acceptors (Lipinski definition) is 3. The first-order valence-corrected chi connectivity index (χ1v) is 8.30. The molecule has 0 spiro atoms. The first-order valence-electron chi connectivity index (χ1n) is 8.30. The van der Waals surface area contributed by atoms with Crippen LogP contribution in [0.1, 0.15) is 46.0 Å². The molecule has 116 valence electrons. The van der Waals surface area contributed by atoms with E-state index in [1.54, 1.807) is 0 Å². The van der Waals surface area contributed by atoms with E-state index in [-0.39, 0.29) is 5.92 Å². The van der Waals surface area contributed by atoms with E-state index in [2.05, 4.69) is 22.2 Å². The van der Waals surface area contributed by atoms with Gasteiger partial charge in [0.25, 0.3) is 0 Å². The van der Waals surface area contributed by atoms with E-state index in [0.717, 1.165) is 26.1 Å². The number of carbonyl (C=O) groups is 1. The van der Waals surface area contributed by atoms with Gasteiger partial charge in [-0.25, -0.2) is 0 Å². The molecular formula is C16H31N3O. The summed E-state index contributed by atoms with van der Waals surface area (Å²) in [5.41, 5.74) is 0. The second kappa shape index (κ2) is 7.41. The van der Waals surface area contributed by atoms with E-state index in [1.807, 2.05) is 13.8 Å². The van der Waals surface area contributed by atoms with Gasteiger partial charge in [0.2, 0.25) is 5.91 Å². The molecule has 2 aliphatic heterocycles. The molecule has 20 heavy (non-hydrogen) atoms. The maximum atomic E-state index is 12.3. The number of carbonyl (C=O) groups excluding carboxylic acids is 1. The molecule has 4 heteroatoms. The molecule has 0 aromatic rings. The van der Waals surface area contributed by atoms with Crippen LogP contribution in [0.2, 0.25) is 0 Å². The smallest absolute Gasteiger partial charge is 0.225 e. The number of rotatable bonds is 4. The Morgan fingerprint density at radius 2 is 2.00 bits per heavy atom. The Morgan fingerprint density at radius 1 is 1.20 bits per heavy atom. The molecule has 0 aliphatic carbocycles. The fourth-order valence-electron chi connectivity index (χ4n) is 3.47. The van der Waals surface area contributed by atoms with Crippen LogP contribution in [0.15, 0.2) is 0 Å². The SMILES string of the molecule is CC(C)C(=O)N1CCCCC1CNC1CCCN(C)C1. The molecule has 1 amide bonds. The van der Waals surface area contributed by atoms with Gasteiger partial charge in [0.1, 0.15) is 0 Å². The zero-order chi connectivity index (χ0) is 14.5. The lowest BCUT2D eigenvalue weighted by atomic mass is 9.99. The number of likely N-dealkylation sites (tertiary alicyclic amines) is 2. The number of nitrogens with zero attached hydrogens (tertiary/aromatic N) is 2. The van der Waals surface area contributed by atoms with Crippen molar-refractivity contribution < 1.29 is 4.79 Å². The largest absolute Gasteiger partial charge is 0.338 e. The molecule has 0 aromatic heterocycles. The highest BCUT2D eigenvalue weighted by Crippen LogP contribution is 2.19. The van der Waals surface area contributed by atoms with Crippen molar-refractivity contribution in [2.45, 2.75) is 58.0 Å². The number of likely N-dealkylation sites (N-methyl/N-ethyl adjacent to an activating group) is 1. The average Bonchev–Trinajstić information content (AvgIpc) is 2.44. The molecule has 0 radical (unpaired) electrons. The van der Waals surface area contributed by atoms with Crippen LogP contribution in [0.25, 0.3) is 0 Å². The fraction of sp³-hybridized carbons (Fsp3) is 0.938. The standard InChI is InChI=1S/C16H31N3O/c1-13(2)16(20)19-10-5-4-8-15(19)11-17-14-7-6-9-18(3)12-14/h13-15,17H,4-12H2,1-3H3. The molecule has 0 saturated carbocycles. The van der Waals surface area contributed by atoms with Gasteiger partial charge in [-0.15, -0.1) is 0 Å². The summed E-state index contributed by atoms with van der Waals surface area (Å²) in [6.45, 7) is 8.31. The van der Waals surface area contributed by atoms with Crippen LogP contribution in [0.5, 0.6) is 0 Å². The number of piperidine rings is 2. The molecular weight excluding hydrogens is 250 g/mol. The highest BCUT2D eigenvalue weighted by molar-refractivity contribution is 5.78. The third-order valence-electron chi connectivity index (χ3n) is 4.67. The predicted molar refractivity (Wildman–Crippen MR) is 82.7 cm³/mol. The number of hydrogen-bond donors (Lipinski definition) is 1. The second-order valence-electron chi connectivity index (χ2n) is 6.85. The molecule has 2 saturated heterocycles. The van der Waals surface area contributed by atoms with Crippen LogP contribution in [0.4, 0.5) is 0 Å². The highest BCUT2D eigenvalue weighted by atomic mass is 16.2. The molecule has 1 N–H and O–H groups in total. The van der Waals surface area contributed by atoms with Crippen molar-refractivity contribution in [2.24, 2.45) is 5.92 Å². The first-order chi connectivity index (χ1) is 9.58. The summed E-state index contributed by atoms with van der Waals surface area (Å²) in [4.78, 5) is 16.8. The second-order valence-corrected chi connectivity index (χ2v) is 6.85. The summed E-state index contributed by atoms with van der Waals surface area (Å²) in [6.07, 6.45) is 6.15. The van der Waals surface area contributed by atoms with Gasteiger partial charge in [0.05, 0.1) is 0 Å². The summed E-state index contributed by atoms with van der Waals surface area (Å²) >= 11 is 0. The number of nitrogens with one attached hydrogen (secondary N) is 1. The zero-order valence-corrected chi connectivity index (χ0v) is 13.4. The minimum Gasteiger partial charge on any atom is -0.338 e. The van der Waals surface area contributed by atoms with E-state index >= 15 is 0 Å². The van der Waals surface area contributed by atoms with E-state index in [0.29, 0.717) is 18.0 Å². The van der Waals surface area contributed by atoms with Crippen LogP contribution in [0, 0.1) is 5.92 Å². The van der Waals surface area contributed by atoms with E-state index < -0.39 is 0 Å². The first kappa shape index (κ1) is 15.8. The summed E-state index contributed by atoms with van der Waals surface area (Å²) in [5.74, 6) is 0.452. The van der Waals surface area contributed by atoms with Crippen LogP contribution in [-0.4, -0.2) is 61.0 Å². The van der Waals surface area contributed by atoms with Gasteiger partial charge in [-0.3, -0.25) is 4.79 Å². The summed E-state index contributed by atoms with van der Waals surface area (Å²) in [7, 11) is 2.20. The van der Waals surface area contributed by atoms with Gasteiger partial charge in [-0.05, 0) is 45.7 Å². The third-order valence-corrected chi connectivity index (χ3v) is 4.67. The molecule has 2 rings (SSSR count). The lowest BCUT2D eigenvalue weighted by Crippen LogP contribution is -2.53. The maximum Gasteiger partial charge on any atom is 0.225 e. The lowest BCUT2D eigenvalue weighted by Gasteiger charge is -2.39. The fourth-order valence-corrected chi connectivity index (χ4v) is 3.47. The molecule has 2 aliphatic rings. The van der Waals surface area contributed by atoms with Gasteiger partial charge in [0, 0.05) is 37.6 Å². The third kappa shape index (κ3) is 4.19. The van der Waals surface area contributed by atoms with Crippen LogP contribution in [-0.2, 0) is 4.79 Å². The van der Waals surface area contributed by atoms with Gasteiger partial charge in [-0.1, -0.05) is 13.8 Å². The van der Waals surface area contributed by atoms with Crippen LogP contribution < -0.4 is 5.32 Å². The normalized spacial score (nSPS) is 28.9. The summed E-state index contributed by atoms with van der Waals surface area (Å²) in [5, 5.41) is 3.71. The predicted octanol–water partition coefficient (Wildman–Crippen LogP) is 1.71. The van der Waals surface area contributed by atoms with Gasteiger partial charge in [0.15, 0.2) is 0 Å². The van der Waals surface area contributed by atoms with Gasteiger partial charge < -0.3 is 15.1 Å². The van der Waals surface area contributed by atoms with Gasteiger partial charge in [-0.2, -0.15) is 0 Å². The Hall–Kier alpha value is -0.610. The molecule has 2 fully saturated rings. The minimum absolute atomic E-state index is 0.122. The molecule has 4 nitrogen and oxygen atoms in total. The van der Waals surface area contributed by atoms with E-state index in [4.69, 9.17) is 0 Å². The topological polar surface area (TPSA) is 35.6 Å². The average molecular weight is 281 g/mol. The van der Waals surface area contributed by atoms with Crippen molar-refractivity contribution in [2.75, 3.05) is 33.2 Å². The van der Waals surface area contributed by atoms with Crippen molar-refractivity contribution in [3.63, 3.8) is 0 Å². The highest BCUT2D eigenvalue weighted by Gasteiger charge is 2.28. The Balaban J connectivity index is 1.84. The Bertz CT molecular complexity index is 319. The number of amides is 1. The van der Waals surface area contributed by atoms with E-state index in [1.165, 1.54) is 32.2 Å². The van der Waals surface area contributed by atoms with Crippen LogP contribution >= 0.6 is 0 Å². The van der Waals surface area contributed by atoms with E-state index in [9.17, 15) is 4.79 Å². The summed E-state index contributed by atoms with van der Waals surface area (Å²) in [6, 6.07) is 1.01. The zero-order valence-electron chi connectivity index (χ0n) is 13.4. The Labute approximate surface area is 123 Å². The van der Waals surface area contributed by atoms with Crippen molar-refractivity contribution in [1.29, 1.82) is 0 Å². The van der Waals surface area contributed by atoms with Crippen molar-refractivity contribution in [1.82, 2.24) is 15.1 Å². The minimum atomic E-state index is 0.122.